The van der Waals surface area contributed by atoms with Gasteiger partial charge in [0.1, 0.15) is 0 Å². The fraction of sp³-hybridized carbons (Fsp3) is 0.278. The third kappa shape index (κ3) is 4.01. The van der Waals surface area contributed by atoms with Gasteiger partial charge >= 0.3 is 0 Å². The number of methoxy groups -OCH3 is 1. The summed E-state index contributed by atoms with van der Waals surface area (Å²) in [4.78, 5) is 12.6. The monoisotopic (exact) mass is 347 g/mol. The zero-order chi connectivity index (χ0) is 17.7. The van der Waals surface area contributed by atoms with Crippen molar-refractivity contribution in [1.29, 1.82) is 0 Å². The average molecular weight is 347 g/mol. The van der Waals surface area contributed by atoms with Crippen LogP contribution in [0.3, 0.4) is 0 Å². The fourth-order valence-electron chi connectivity index (χ4n) is 2.26. The number of sulfone groups is 1. The Morgan fingerprint density at radius 2 is 1.83 bits per heavy atom. The molecule has 0 radical (unpaired) electrons. The maximum Gasteiger partial charge on any atom is 0.256 e. The molecule has 2 aromatic rings. The van der Waals surface area contributed by atoms with Crippen molar-refractivity contribution < 1.29 is 17.9 Å². The maximum absolute atomic E-state index is 12.6. The van der Waals surface area contributed by atoms with E-state index in [-0.39, 0.29) is 10.5 Å². The van der Waals surface area contributed by atoms with Gasteiger partial charge in [0.15, 0.2) is 9.84 Å². The minimum absolute atomic E-state index is 0.0468. The molecule has 5 nitrogen and oxygen atoms in total. The molecule has 0 spiro atoms. The maximum atomic E-state index is 12.6. The highest BCUT2D eigenvalue weighted by Gasteiger charge is 2.25. The van der Waals surface area contributed by atoms with Crippen LogP contribution in [0.15, 0.2) is 53.4 Å². The van der Waals surface area contributed by atoms with Crippen LogP contribution in [0.4, 0.5) is 5.69 Å². The zero-order valence-electron chi connectivity index (χ0n) is 13.9. The first-order valence-electron chi connectivity index (χ1n) is 7.58. The summed E-state index contributed by atoms with van der Waals surface area (Å²) >= 11 is 0. The third-order valence-corrected chi connectivity index (χ3v) is 5.76. The Morgan fingerprint density at radius 3 is 2.50 bits per heavy atom. The number of benzene rings is 2. The van der Waals surface area contributed by atoms with Gasteiger partial charge in [-0.3, -0.25) is 4.79 Å². The van der Waals surface area contributed by atoms with E-state index < -0.39 is 21.0 Å². The number of nitrogens with one attached hydrogen (secondary N) is 1. The van der Waals surface area contributed by atoms with E-state index in [9.17, 15) is 13.2 Å². The lowest BCUT2D eigenvalue weighted by atomic mass is 10.2. The lowest BCUT2D eigenvalue weighted by Gasteiger charge is -2.13. The first kappa shape index (κ1) is 18.2. The van der Waals surface area contributed by atoms with E-state index >= 15 is 0 Å². The molecule has 0 saturated carbocycles. The number of amides is 1. The summed E-state index contributed by atoms with van der Waals surface area (Å²) in [5.41, 5.74) is 1.65. The Labute approximate surface area is 142 Å². The number of rotatable bonds is 6. The van der Waals surface area contributed by atoms with E-state index in [1.165, 1.54) is 12.1 Å². The van der Waals surface area contributed by atoms with E-state index in [4.69, 9.17) is 4.74 Å². The number of hydrogen-bond acceptors (Lipinski definition) is 4. The predicted molar refractivity (Wildman–Crippen MR) is 93.9 cm³/mol. The second kappa shape index (κ2) is 7.59. The van der Waals surface area contributed by atoms with Gasteiger partial charge in [0.05, 0.1) is 22.3 Å². The highest BCUT2D eigenvalue weighted by Crippen LogP contribution is 2.22. The number of hydrogen-bond donors (Lipinski definition) is 1. The SMILES string of the molecule is COCc1cccc(NC(=O)c2ccccc2S(=O)(=O)C(C)C)c1. The van der Waals surface area contributed by atoms with Crippen molar-refractivity contribution in [1.82, 2.24) is 0 Å². The third-order valence-electron chi connectivity index (χ3n) is 3.55. The summed E-state index contributed by atoms with van der Waals surface area (Å²) in [5, 5.41) is 2.15. The number of carbonyl (C=O) groups excluding carboxylic acids is 1. The Morgan fingerprint density at radius 1 is 1.12 bits per heavy atom. The smallest absolute Gasteiger partial charge is 0.256 e. The summed E-state index contributed by atoms with van der Waals surface area (Å²) < 4.78 is 30.0. The summed E-state index contributed by atoms with van der Waals surface area (Å²) in [7, 11) is -1.95. The van der Waals surface area contributed by atoms with Crippen LogP contribution in [0.5, 0.6) is 0 Å². The summed E-state index contributed by atoms with van der Waals surface area (Å²) in [6.07, 6.45) is 0. The van der Waals surface area contributed by atoms with E-state index in [1.807, 2.05) is 6.07 Å². The molecule has 2 rings (SSSR count). The average Bonchev–Trinajstić information content (AvgIpc) is 2.55. The summed E-state index contributed by atoms with van der Waals surface area (Å²) in [6, 6.07) is 13.5. The standard InChI is InChI=1S/C18H21NO4S/c1-13(2)24(21,22)17-10-5-4-9-16(17)18(20)19-15-8-6-7-14(11-15)12-23-3/h4-11,13H,12H2,1-3H3,(H,19,20). The van der Waals surface area contributed by atoms with Gasteiger partial charge in [-0.05, 0) is 43.7 Å². The summed E-state index contributed by atoms with van der Waals surface area (Å²) in [5.74, 6) is -0.454. The molecule has 0 atom stereocenters. The Bertz CT molecular complexity index is 828. The van der Waals surface area contributed by atoms with Crippen LogP contribution >= 0.6 is 0 Å². The molecule has 0 bridgehead atoms. The normalized spacial score (nSPS) is 11.5. The van der Waals surface area contributed by atoms with Gasteiger partial charge in [0.25, 0.3) is 5.91 Å². The van der Waals surface area contributed by atoms with Crippen molar-refractivity contribution in [2.24, 2.45) is 0 Å². The first-order valence-corrected chi connectivity index (χ1v) is 9.13. The molecule has 2 aromatic carbocycles. The van der Waals surface area contributed by atoms with Gasteiger partial charge in [0.2, 0.25) is 0 Å². The molecule has 24 heavy (non-hydrogen) atoms. The van der Waals surface area contributed by atoms with Gasteiger partial charge in [-0.25, -0.2) is 8.42 Å². The lowest BCUT2D eigenvalue weighted by Crippen LogP contribution is -2.20. The van der Waals surface area contributed by atoms with Crippen molar-refractivity contribution in [3.8, 4) is 0 Å². The highest BCUT2D eigenvalue weighted by molar-refractivity contribution is 7.92. The molecule has 0 heterocycles. The van der Waals surface area contributed by atoms with Crippen LogP contribution in [0, 0.1) is 0 Å². The minimum atomic E-state index is -3.54. The molecule has 0 saturated heterocycles. The Hall–Kier alpha value is -2.18. The minimum Gasteiger partial charge on any atom is -0.380 e. The van der Waals surface area contributed by atoms with Crippen LogP contribution in [0.1, 0.15) is 29.8 Å². The summed E-state index contributed by atoms with van der Waals surface area (Å²) in [6.45, 7) is 3.62. The van der Waals surface area contributed by atoms with Gasteiger partial charge in [0, 0.05) is 12.8 Å². The number of ether oxygens (including phenoxy) is 1. The van der Waals surface area contributed by atoms with Gasteiger partial charge in [-0.15, -0.1) is 0 Å². The molecular weight excluding hydrogens is 326 g/mol. The van der Waals surface area contributed by atoms with Crippen molar-refractivity contribution >= 4 is 21.4 Å². The van der Waals surface area contributed by atoms with Gasteiger partial charge in [-0.1, -0.05) is 24.3 Å². The molecule has 0 aliphatic rings. The first-order chi connectivity index (χ1) is 11.4. The molecule has 128 valence electrons. The second-order valence-corrected chi connectivity index (χ2v) is 8.15. The van der Waals surface area contributed by atoms with Crippen molar-refractivity contribution in [2.75, 3.05) is 12.4 Å². The van der Waals surface area contributed by atoms with Gasteiger partial charge < -0.3 is 10.1 Å². The van der Waals surface area contributed by atoms with Crippen LogP contribution in [-0.4, -0.2) is 26.7 Å². The molecule has 1 amide bonds. The molecular formula is C18H21NO4S. The van der Waals surface area contributed by atoms with Crippen molar-refractivity contribution in [2.45, 2.75) is 30.6 Å². The predicted octanol–water partition coefficient (Wildman–Crippen LogP) is 3.27. The number of anilines is 1. The lowest BCUT2D eigenvalue weighted by molar-refractivity contribution is 0.102. The van der Waals surface area contributed by atoms with E-state index in [0.29, 0.717) is 12.3 Å². The van der Waals surface area contributed by atoms with E-state index in [2.05, 4.69) is 5.32 Å². The van der Waals surface area contributed by atoms with Crippen LogP contribution in [0.2, 0.25) is 0 Å². The molecule has 0 unspecified atom stereocenters. The fourth-order valence-corrected chi connectivity index (χ4v) is 3.50. The van der Waals surface area contributed by atoms with Crippen LogP contribution in [-0.2, 0) is 21.2 Å². The Balaban J connectivity index is 2.33. The van der Waals surface area contributed by atoms with Gasteiger partial charge in [-0.2, -0.15) is 0 Å². The molecule has 0 aliphatic carbocycles. The molecule has 6 heteroatoms. The largest absolute Gasteiger partial charge is 0.380 e. The van der Waals surface area contributed by atoms with E-state index in [0.717, 1.165) is 5.56 Å². The van der Waals surface area contributed by atoms with Crippen molar-refractivity contribution in [3.05, 3.63) is 59.7 Å². The number of carbonyl (C=O) groups is 1. The second-order valence-electron chi connectivity index (χ2n) is 5.68. The molecule has 0 fully saturated rings. The zero-order valence-corrected chi connectivity index (χ0v) is 14.8. The van der Waals surface area contributed by atoms with Crippen LogP contribution in [0.25, 0.3) is 0 Å². The van der Waals surface area contributed by atoms with Crippen molar-refractivity contribution in [3.63, 3.8) is 0 Å². The van der Waals surface area contributed by atoms with Crippen LogP contribution < -0.4 is 5.32 Å². The molecule has 0 aromatic heterocycles. The highest BCUT2D eigenvalue weighted by atomic mass is 32.2. The topological polar surface area (TPSA) is 72.5 Å². The molecule has 1 N–H and O–H groups in total. The molecule has 0 aliphatic heterocycles. The quantitative estimate of drug-likeness (QED) is 0.870. The Kier molecular flexibility index (Phi) is 5.75. The van der Waals surface area contributed by atoms with E-state index in [1.54, 1.807) is 51.3 Å².